The van der Waals surface area contributed by atoms with E-state index in [9.17, 15) is 9.59 Å². The molecule has 0 spiro atoms. The van der Waals surface area contributed by atoms with Crippen LogP contribution in [0.1, 0.15) is 45.4 Å². The SMILES string of the molecule is CC1CCCCN1C(=O)CN1CCN(C(=O)C2C3CCC(C3)C2N)CC1. The van der Waals surface area contributed by atoms with Crippen LogP contribution in [0.2, 0.25) is 0 Å². The predicted molar refractivity (Wildman–Crippen MR) is 100 cm³/mol. The first-order valence-electron chi connectivity index (χ1n) is 10.6. The standard InChI is InChI=1S/C20H34N4O2/c1-14-4-2-3-7-24(14)17(25)13-22-8-10-23(11-9-22)20(26)18-15-5-6-16(12-15)19(18)21/h14-16,18-19H,2-13,21H2,1H3. The third kappa shape index (κ3) is 3.38. The fraction of sp³-hybridized carbons (Fsp3) is 0.900. The Hall–Kier alpha value is -1.14. The van der Waals surface area contributed by atoms with Crippen molar-refractivity contribution in [3.8, 4) is 0 Å². The van der Waals surface area contributed by atoms with Gasteiger partial charge >= 0.3 is 0 Å². The summed E-state index contributed by atoms with van der Waals surface area (Å²) >= 11 is 0. The van der Waals surface area contributed by atoms with Crippen LogP contribution < -0.4 is 5.73 Å². The molecule has 6 heteroatoms. The first kappa shape index (κ1) is 18.2. The van der Waals surface area contributed by atoms with Crippen molar-refractivity contribution in [1.82, 2.24) is 14.7 Å². The average Bonchev–Trinajstić information content (AvgIpc) is 3.23. The molecule has 0 aromatic heterocycles. The lowest BCUT2D eigenvalue weighted by Crippen LogP contribution is -2.55. The van der Waals surface area contributed by atoms with E-state index in [4.69, 9.17) is 5.73 Å². The summed E-state index contributed by atoms with van der Waals surface area (Å²) < 4.78 is 0. The maximum Gasteiger partial charge on any atom is 0.236 e. The number of nitrogens with zero attached hydrogens (tertiary/aromatic N) is 3. The highest BCUT2D eigenvalue weighted by Crippen LogP contribution is 2.48. The van der Waals surface area contributed by atoms with Gasteiger partial charge in [-0.3, -0.25) is 14.5 Å². The van der Waals surface area contributed by atoms with Crippen molar-refractivity contribution < 1.29 is 9.59 Å². The van der Waals surface area contributed by atoms with Crippen molar-refractivity contribution in [2.45, 2.75) is 57.5 Å². The third-order valence-corrected chi connectivity index (χ3v) is 7.43. The number of carbonyl (C=O) groups is 2. The molecule has 0 aromatic carbocycles. The summed E-state index contributed by atoms with van der Waals surface area (Å²) in [6.45, 7) is 6.64. The minimum atomic E-state index is 0.0520. The van der Waals surface area contributed by atoms with Crippen molar-refractivity contribution in [3.63, 3.8) is 0 Å². The molecule has 2 saturated carbocycles. The molecule has 2 aliphatic carbocycles. The van der Waals surface area contributed by atoms with Gasteiger partial charge in [-0.15, -0.1) is 0 Å². The van der Waals surface area contributed by atoms with Crippen LogP contribution in [-0.4, -0.2) is 77.9 Å². The van der Waals surface area contributed by atoms with E-state index in [0.717, 1.165) is 52.0 Å². The van der Waals surface area contributed by atoms with Crippen molar-refractivity contribution >= 4 is 11.8 Å². The van der Waals surface area contributed by atoms with Crippen LogP contribution in [0.3, 0.4) is 0 Å². The van der Waals surface area contributed by atoms with Crippen molar-refractivity contribution in [2.75, 3.05) is 39.3 Å². The molecule has 5 atom stereocenters. The Morgan fingerprint density at radius 1 is 0.962 bits per heavy atom. The molecule has 0 aromatic rings. The molecule has 2 saturated heterocycles. The number of rotatable bonds is 3. The topological polar surface area (TPSA) is 69.9 Å². The lowest BCUT2D eigenvalue weighted by Gasteiger charge is -2.39. The van der Waals surface area contributed by atoms with Gasteiger partial charge in [-0.25, -0.2) is 0 Å². The first-order chi connectivity index (χ1) is 12.5. The number of piperazine rings is 1. The molecule has 2 amide bonds. The van der Waals surface area contributed by atoms with Crippen LogP contribution in [-0.2, 0) is 9.59 Å². The number of nitrogens with two attached hydrogens (primary N) is 1. The first-order valence-corrected chi connectivity index (χ1v) is 10.6. The van der Waals surface area contributed by atoms with Gasteiger partial charge in [0.25, 0.3) is 0 Å². The molecular formula is C20H34N4O2. The van der Waals surface area contributed by atoms with E-state index in [1.165, 1.54) is 19.3 Å². The van der Waals surface area contributed by atoms with Crippen LogP contribution >= 0.6 is 0 Å². The molecule has 2 aliphatic heterocycles. The second kappa shape index (κ2) is 7.47. The van der Waals surface area contributed by atoms with Gasteiger partial charge in [-0.1, -0.05) is 0 Å². The zero-order valence-electron chi connectivity index (χ0n) is 16.1. The maximum atomic E-state index is 13.0. The monoisotopic (exact) mass is 362 g/mol. The maximum absolute atomic E-state index is 13.0. The van der Waals surface area contributed by atoms with E-state index in [-0.39, 0.29) is 23.8 Å². The highest BCUT2D eigenvalue weighted by Gasteiger charge is 2.50. The molecule has 2 N–H and O–H groups in total. The lowest BCUT2D eigenvalue weighted by atomic mass is 9.84. The number of carbonyl (C=O) groups excluding carboxylic acids is 2. The number of piperidine rings is 1. The molecule has 4 aliphatic rings. The highest BCUT2D eigenvalue weighted by molar-refractivity contribution is 5.81. The Bertz CT molecular complexity index is 544. The Balaban J connectivity index is 1.26. The van der Waals surface area contributed by atoms with Gasteiger partial charge < -0.3 is 15.5 Å². The Morgan fingerprint density at radius 3 is 2.35 bits per heavy atom. The molecule has 2 heterocycles. The third-order valence-electron chi connectivity index (χ3n) is 7.43. The largest absolute Gasteiger partial charge is 0.340 e. The van der Waals surface area contributed by atoms with E-state index >= 15 is 0 Å². The van der Waals surface area contributed by atoms with Gasteiger partial charge in [0, 0.05) is 44.8 Å². The summed E-state index contributed by atoms with van der Waals surface area (Å²) in [4.78, 5) is 31.9. The Morgan fingerprint density at radius 2 is 1.69 bits per heavy atom. The van der Waals surface area contributed by atoms with Crippen LogP contribution in [0.25, 0.3) is 0 Å². The van der Waals surface area contributed by atoms with Crippen molar-refractivity contribution in [3.05, 3.63) is 0 Å². The number of hydrogen-bond acceptors (Lipinski definition) is 4. The summed E-state index contributed by atoms with van der Waals surface area (Å²) in [5.74, 6) is 1.67. The summed E-state index contributed by atoms with van der Waals surface area (Å²) in [5.41, 5.74) is 6.35. The van der Waals surface area contributed by atoms with Crippen LogP contribution in [0.5, 0.6) is 0 Å². The molecule has 5 unspecified atom stereocenters. The van der Waals surface area contributed by atoms with E-state index in [2.05, 4.69) is 16.7 Å². The molecule has 6 nitrogen and oxygen atoms in total. The second-order valence-corrected chi connectivity index (χ2v) is 8.97. The Labute approximate surface area is 157 Å². The number of hydrogen-bond donors (Lipinski definition) is 1. The van der Waals surface area contributed by atoms with Crippen LogP contribution in [0.4, 0.5) is 0 Å². The normalized spacial score (nSPS) is 38.0. The van der Waals surface area contributed by atoms with Crippen molar-refractivity contribution in [2.24, 2.45) is 23.5 Å². The minimum absolute atomic E-state index is 0.0520. The molecular weight excluding hydrogens is 328 g/mol. The summed E-state index contributed by atoms with van der Waals surface area (Å²) in [6, 6.07) is 0.444. The van der Waals surface area contributed by atoms with Gasteiger partial charge in [-0.05, 0) is 57.3 Å². The fourth-order valence-electron chi connectivity index (χ4n) is 5.79. The molecule has 146 valence electrons. The van der Waals surface area contributed by atoms with Crippen molar-refractivity contribution in [1.29, 1.82) is 0 Å². The van der Waals surface area contributed by atoms with Crippen LogP contribution in [0, 0.1) is 17.8 Å². The van der Waals surface area contributed by atoms with Gasteiger partial charge in [0.05, 0.1) is 12.5 Å². The number of likely N-dealkylation sites (tertiary alicyclic amines) is 1. The summed E-state index contributed by atoms with van der Waals surface area (Å²) in [7, 11) is 0. The molecule has 0 radical (unpaired) electrons. The number of fused-ring (bicyclic) bond motifs is 2. The number of amides is 2. The van der Waals surface area contributed by atoms with E-state index < -0.39 is 0 Å². The van der Waals surface area contributed by atoms with Gasteiger partial charge in [0.15, 0.2) is 0 Å². The second-order valence-electron chi connectivity index (χ2n) is 8.97. The van der Waals surface area contributed by atoms with Gasteiger partial charge in [-0.2, -0.15) is 0 Å². The molecule has 4 fully saturated rings. The summed E-state index contributed by atoms with van der Waals surface area (Å²) in [6.07, 6.45) is 7.02. The minimum Gasteiger partial charge on any atom is -0.340 e. The average molecular weight is 363 g/mol. The van der Waals surface area contributed by atoms with Gasteiger partial charge in [0.2, 0.25) is 11.8 Å². The lowest BCUT2D eigenvalue weighted by molar-refractivity contribution is -0.140. The quantitative estimate of drug-likeness (QED) is 0.810. The zero-order chi connectivity index (χ0) is 18.3. The molecule has 26 heavy (non-hydrogen) atoms. The van der Waals surface area contributed by atoms with E-state index in [1.807, 2.05) is 4.90 Å². The predicted octanol–water partition coefficient (Wildman–Crippen LogP) is 0.905. The van der Waals surface area contributed by atoms with Gasteiger partial charge in [0.1, 0.15) is 0 Å². The smallest absolute Gasteiger partial charge is 0.236 e. The van der Waals surface area contributed by atoms with Crippen LogP contribution in [0.15, 0.2) is 0 Å². The van der Waals surface area contributed by atoms with E-state index in [1.54, 1.807) is 0 Å². The zero-order valence-corrected chi connectivity index (χ0v) is 16.1. The van der Waals surface area contributed by atoms with E-state index in [0.29, 0.717) is 24.4 Å². The summed E-state index contributed by atoms with van der Waals surface area (Å²) in [5, 5.41) is 0. The molecule has 4 rings (SSSR count). The highest BCUT2D eigenvalue weighted by atomic mass is 16.2. The molecule has 2 bridgehead atoms. The Kier molecular flexibility index (Phi) is 5.24. The fourth-order valence-corrected chi connectivity index (χ4v) is 5.79.